The summed E-state index contributed by atoms with van der Waals surface area (Å²) in [6.45, 7) is 0. The van der Waals surface area contributed by atoms with Gasteiger partial charge < -0.3 is 0 Å². The Kier molecular flexibility index (Phi) is 4.26. The summed E-state index contributed by atoms with van der Waals surface area (Å²) in [5.41, 5.74) is 7.80. The normalized spacial score (nSPS) is 14.7. The molecule has 5 aromatic carbocycles. The van der Waals surface area contributed by atoms with Gasteiger partial charge in [-0.25, -0.2) is 0 Å². The molecule has 2 heterocycles. The molecule has 1 aliphatic heterocycles. The minimum Gasteiger partial charge on any atom is -0.135 e. The van der Waals surface area contributed by atoms with Crippen molar-refractivity contribution in [2.75, 3.05) is 0 Å². The summed E-state index contributed by atoms with van der Waals surface area (Å²) in [6, 6.07) is 35.8. The lowest BCUT2D eigenvalue weighted by molar-refractivity contribution is 0.724. The quantitative estimate of drug-likeness (QED) is 0.176. The summed E-state index contributed by atoms with van der Waals surface area (Å²) in [7, 11) is 0. The molecule has 166 valence electrons. The van der Waals surface area contributed by atoms with E-state index in [-0.39, 0.29) is 5.41 Å². The van der Waals surface area contributed by atoms with Crippen molar-refractivity contribution in [3.63, 3.8) is 0 Å². The number of halogens is 2. The van der Waals surface area contributed by atoms with Crippen molar-refractivity contribution in [2.45, 2.75) is 15.2 Å². The first-order valence-corrected chi connectivity index (χ1v) is 14.3. The van der Waals surface area contributed by atoms with Gasteiger partial charge in [0.15, 0.2) is 0 Å². The summed E-state index contributed by atoms with van der Waals surface area (Å²) >= 11 is 13.8. The van der Waals surface area contributed by atoms with Gasteiger partial charge in [-0.2, -0.15) is 0 Å². The molecule has 2 aliphatic rings. The number of hydrogen-bond donors (Lipinski definition) is 0. The van der Waals surface area contributed by atoms with Crippen LogP contribution in [-0.4, -0.2) is 0 Å². The largest absolute Gasteiger partial charge is 0.135 e. The molecule has 0 bridgehead atoms. The van der Waals surface area contributed by atoms with Crippen molar-refractivity contribution in [3.05, 3.63) is 129 Å². The van der Waals surface area contributed by atoms with E-state index in [1.165, 1.54) is 63.3 Å². The molecule has 0 fully saturated rings. The molecule has 0 atom stereocenters. The number of rotatable bonds is 0. The van der Waals surface area contributed by atoms with Gasteiger partial charge in [-0.1, -0.05) is 100.0 Å². The third kappa shape index (κ3) is 2.65. The third-order valence-corrected chi connectivity index (χ3v) is 10.4. The molecule has 35 heavy (non-hydrogen) atoms. The highest BCUT2D eigenvalue weighted by atomic mass is 79.9. The van der Waals surface area contributed by atoms with Gasteiger partial charge in [0.1, 0.15) is 0 Å². The maximum absolute atomic E-state index is 6.36. The Morgan fingerprint density at radius 3 is 2.06 bits per heavy atom. The van der Waals surface area contributed by atoms with Crippen molar-refractivity contribution in [1.82, 2.24) is 0 Å². The van der Waals surface area contributed by atoms with Gasteiger partial charge >= 0.3 is 0 Å². The van der Waals surface area contributed by atoms with E-state index in [4.69, 9.17) is 11.6 Å². The molecular formula is C31H16BrClS2. The molecule has 6 aromatic rings. The second-order valence-corrected chi connectivity index (χ2v) is 12.7. The van der Waals surface area contributed by atoms with E-state index in [0.717, 1.165) is 9.50 Å². The predicted octanol–water partition coefficient (Wildman–Crippen LogP) is 10.3. The number of benzene rings is 5. The van der Waals surface area contributed by atoms with Crippen LogP contribution in [0.5, 0.6) is 0 Å². The molecule has 0 saturated carbocycles. The molecule has 1 aromatic heterocycles. The fourth-order valence-electron chi connectivity index (χ4n) is 6.12. The van der Waals surface area contributed by atoms with Crippen LogP contribution in [0.3, 0.4) is 0 Å². The van der Waals surface area contributed by atoms with Crippen LogP contribution in [0.1, 0.15) is 22.3 Å². The first-order valence-electron chi connectivity index (χ1n) is 11.5. The van der Waals surface area contributed by atoms with Crippen LogP contribution in [0.15, 0.2) is 111 Å². The summed E-state index contributed by atoms with van der Waals surface area (Å²) in [5, 5.41) is 3.37. The van der Waals surface area contributed by atoms with Crippen LogP contribution >= 0.6 is 50.6 Å². The van der Waals surface area contributed by atoms with Crippen molar-refractivity contribution >= 4 is 70.8 Å². The summed E-state index contributed by atoms with van der Waals surface area (Å²) in [4.78, 5) is 2.63. The van der Waals surface area contributed by atoms with E-state index in [2.05, 4.69) is 107 Å². The summed E-state index contributed by atoms with van der Waals surface area (Å²) in [6.07, 6.45) is 0. The molecular weight excluding hydrogens is 552 g/mol. The zero-order chi connectivity index (χ0) is 23.3. The third-order valence-electron chi connectivity index (χ3n) is 7.46. The zero-order valence-electron chi connectivity index (χ0n) is 18.3. The van der Waals surface area contributed by atoms with Gasteiger partial charge in [-0.05, 0) is 69.8 Å². The molecule has 8 rings (SSSR count). The molecule has 1 aliphatic carbocycles. The lowest BCUT2D eigenvalue weighted by atomic mass is 9.67. The highest BCUT2D eigenvalue weighted by Gasteiger charge is 2.50. The standard InChI is InChI=1S/C31H16BrClS2/c32-17-9-12-25-29(13-17)35-30-15-22-21-11-10-18(33)14-27(21)34-28(22)16-26(30)31(25)23-7-3-1-5-19(23)20-6-2-4-8-24(20)31/h1-16H. The summed E-state index contributed by atoms with van der Waals surface area (Å²) in [5.74, 6) is 0. The summed E-state index contributed by atoms with van der Waals surface area (Å²) < 4.78 is 3.66. The van der Waals surface area contributed by atoms with E-state index >= 15 is 0 Å². The minimum absolute atomic E-state index is 0.341. The lowest BCUT2D eigenvalue weighted by Gasteiger charge is -2.39. The topological polar surface area (TPSA) is 0 Å². The molecule has 0 N–H and O–H groups in total. The second-order valence-electron chi connectivity index (χ2n) is 9.17. The van der Waals surface area contributed by atoms with Crippen LogP contribution in [0.2, 0.25) is 5.02 Å². The average molecular weight is 568 g/mol. The minimum atomic E-state index is -0.341. The van der Waals surface area contributed by atoms with Gasteiger partial charge in [0, 0.05) is 39.5 Å². The number of hydrogen-bond acceptors (Lipinski definition) is 2. The van der Waals surface area contributed by atoms with Gasteiger partial charge in [-0.15, -0.1) is 11.3 Å². The van der Waals surface area contributed by atoms with Crippen LogP contribution in [0.25, 0.3) is 31.3 Å². The van der Waals surface area contributed by atoms with Crippen molar-refractivity contribution in [2.24, 2.45) is 0 Å². The Bertz CT molecular complexity index is 1820. The SMILES string of the molecule is Clc1ccc2c(c1)sc1cc3c(cc12)Sc1cc(Br)ccc1C31c2ccccc2-c2ccccc21. The van der Waals surface area contributed by atoms with Crippen molar-refractivity contribution in [3.8, 4) is 11.1 Å². The molecule has 0 amide bonds. The van der Waals surface area contributed by atoms with Gasteiger partial charge in [-0.3, -0.25) is 0 Å². The van der Waals surface area contributed by atoms with E-state index < -0.39 is 0 Å². The molecule has 0 radical (unpaired) electrons. The molecule has 0 unspecified atom stereocenters. The second kappa shape index (κ2) is 7.24. The van der Waals surface area contributed by atoms with E-state index in [1.807, 2.05) is 29.2 Å². The van der Waals surface area contributed by atoms with Crippen molar-refractivity contribution < 1.29 is 0 Å². The van der Waals surface area contributed by atoms with Gasteiger partial charge in [0.05, 0.1) is 5.41 Å². The first kappa shape index (κ1) is 20.6. The van der Waals surface area contributed by atoms with Gasteiger partial charge in [0.2, 0.25) is 0 Å². The Morgan fingerprint density at radius 2 is 1.29 bits per heavy atom. The number of fused-ring (bicyclic) bond motifs is 12. The maximum Gasteiger partial charge on any atom is 0.0735 e. The van der Waals surface area contributed by atoms with Crippen LogP contribution in [0, 0.1) is 0 Å². The van der Waals surface area contributed by atoms with Crippen molar-refractivity contribution in [1.29, 1.82) is 0 Å². The fraction of sp³-hybridized carbons (Fsp3) is 0.0323. The lowest BCUT2D eigenvalue weighted by Crippen LogP contribution is -2.31. The maximum atomic E-state index is 6.36. The molecule has 4 heteroatoms. The first-order chi connectivity index (χ1) is 17.1. The fourth-order valence-corrected chi connectivity index (χ4v) is 9.29. The Morgan fingerprint density at radius 1 is 0.600 bits per heavy atom. The highest BCUT2D eigenvalue weighted by Crippen LogP contribution is 2.63. The van der Waals surface area contributed by atoms with E-state index in [9.17, 15) is 0 Å². The van der Waals surface area contributed by atoms with Crippen LogP contribution in [-0.2, 0) is 5.41 Å². The molecule has 1 spiro atoms. The monoisotopic (exact) mass is 566 g/mol. The smallest absolute Gasteiger partial charge is 0.0735 e. The van der Waals surface area contributed by atoms with E-state index in [0.29, 0.717) is 0 Å². The van der Waals surface area contributed by atoms with Crippen LogP contribution in [0.4, 0.5) is 0 Å². The van der Waals surface area contributed by atoms with Crippen LogP contribution < -0.4 is 0 Å². The Balaban J connectivity index is 1.57. The van der Waals surface area contributed by atoms with E-state index in [1.54, 1.807) is 0 Å². The number of thiophene rings is 1. The zero-order valence-corrected chi connectivity index (χ0v) is 22.3. The average Bonchev–Trinajstić information content (AvgIpc) is 3.36. The predicted molar refractivity (Wildman–Crippen MR) is 153 cm³/mol. The molecule has 0 saturated heterocycles. The highest BCUT2D eigenvalue weighted by molar-refractivity contribution is 9.10. The van der Waals surface area contributed by atoms with Gasteiger partial charge in [0.25, 0.3) is 0 Å². The Labute approximate surface area is 224 Å². The molecule has 0 nitrogen and oxygen atoms in total. The Hall–Kier alpha value is -2.56.